The van der Waals surface area contributed by atoms with E-state index in [1.54, 1.807) is 13.0 Å². The fourth-order valence-corrected chi connectivity index (χ4v) is 2.72. The molecule has 0 aliphatic carbocycles. The van der Waals surface area contributed by atoms with Crippen LogP contribution in [-0.2, 0) is 11.2 Å². The van der Waals surface area contributed by atoms with Gasteiger partial charge in [-0.05, 0) is 25.0 Å². The number of nitrogens with one attached hydrogen (secondary N) is 1. The summed E-state index contributed by atoms with van der Waals surface area (Å²) in [5, 5.41) is 4.17. The Kier molecular flexibility index (Phi) is 5.01. The van der Waals surface area contributed by atoms with Crippen molar-refractivity contribution in [2.75, 3.05) is 24.2 Å². The zero-order valence-corrected chi connectivity index (χ0v) is 12.2. The van der Waals surface area contributed by atoms with E-state index in [2.05, 4.69) is 17.4 Å². The van der Waals surface area contributed by atoms with Crippen LogP contribution in [0, 0.1) is 0 Å². The number of nitrogens with two attached hydrogens (primary N) is 1. The summed E-state index contributed by atoms with van der Waals surface area (Å²) in [6.07, 6.45) is 0.924. The third-order valence-corrected chi connectivity index (χ3v) is 3.87. The molecule has 0 unspecified atom stereocenters. The number of thiophene rings is 1. The first-order valence-electron chi connectivity index (χ1n) is 6.55. The Morgan fingerprint density at radius 3 is 2.80 bits per heavy atom. The lowest BCUT2D eigenvalue weighted by Gasteiger charge is -2.03. The number of anilines is 2. The van der Waals surface area contributed by atoms with Crippen LogP contribution < -0.4 is 11.1 Å². The van der Waals surface area contributed by atoms with Crippen LogP contribution >= 0.6 is 11.3 Å². The molecule has 1 aromatic carbocycles. The van der Waals surface area contributed by atoms with Gasteiger partial charge in [-0.2, -0.15) is 0 Å². The zero-order valence-electron chi connectivity index (χ0n) is 11.4. The molecule has 0 bridgehead atoms. The molecule has 0 aliphatic rings. The van der Waals surface area contributed by atoms with E-state index in [0.717, 1.165) is 18.0 Å². The van der Waals surface area contributed by atoms with Gasteiger partial charge in [0.05, 0.1) is 17.3 Å². The lowest BCUT2D eigenvalue weighted by molar-refractivity contribution is 0.0533. The van der Waals surface area contributed by atoms with Crippen LogP contribution in [0.1, 0.15) is 22.2 Å². The van der Waals surface area contributed by atoms with Crippen molar-refractivity contribution in [2.24, 2.45) is 0 Å². The van der Waals surface area contributed by atoms with Crippen molar-refractivity contribution in [3.63, 3.8) is 0 Å². The van der Waals surface area contributed by atoms with Gasteiger partial charge in [0.15, 0.2) is 0 Å². The summed E-state index contributed by atoms with van der Waals surface area (Å²) in [4.78, 5) is 12.1. The Balaban J connectivity index is 1.91. The first-order chi connectivity index (χ1) is 9.70. The average Bonchev–Trinajstić information content (AvgIpc) is 2.81. The van der Waals surface area contributed by atoms with Gasteiger partial charge in [-0.15, -0.1) is 11.3 Å². The van der Waals surface area contributed by atoms with E-state index in [-0.39, 0.29) is 5.97 Å². The zero-order chi connectivity index (χ0) is 14.4. The molecule has 1 heterocycles. The van der Waals surface area contributed by atoms with Gasteiger partial charge in [-0.3, -0.25) is 0 Å². The number of esters is 1. The van der Waals surface area contributed by atoms with E-state index in [9.17, 15) is 4.79 Å². The number of nitrogen functional groups attached to an aromatic ring is 1. The summed E-state index contributed by atoms with van der Waals surface area (Å²) < 4.78 is 4.96. The van der Waals surface area contributed by atoms with Gasteiger partial charge in [-0.25, -0.2) is 4.79 Å². The molecule has 0 spiro atoms. The lowest BCUT2D eigenvalue weighted by Crippen LogP contribution is -2.04. The molecule has 20 heavy (non-hydrogen) atoms. The molecule has 0 amide bonds. The SMILES string of the molecule is CCOC(=O)c1sc(NCCc2ccccc2)cc1N. The molecule has 0 radical (unpaired) electrons. The van der Waals surface area contributed by atoms with Crippen molar-refractivity contribution in [3.8, 4) is 0 Å². The predicted molar refractivity (Wildman–Crippen MR) is 83.3 cm³/mol. The van der Waals surface area contributed by atoms with Gasteiger partial charge in [0, 0.05) is 6.54 Å². The standard InChI is InChI=1S/C15H18N2O2S/c1-2-19-15(18)14-12(16)10-13(20-14)17-9-8-11-6-4-3-5-7-11/h3-7,10,17H,2,8-9,16H2,1H3. The van der Waals surface area contributed by atoms with Crippen molar-refractivity contribution in [2.45, 2.75) is 13.3 Å². The smallest absolute Gasteiger partial charge is 0.350 e. The quantitative estimate of drug-likeness (QED) is 0.802. The highest BCUT2D eigenvalue weighted by atomic mass is 32.1. The number of carbonyl (C=O) groups is 1. The fourth-order valence-electron chi connectivity index (χ4n) is 1.82. The van der Waals surface area contributed by atoms with Crippen LogP contribution in [0.15, 0.2) is 36.4 Å². The average molecular weight is 290 g/mol. The minimum Gasteiger partial charge on any atom is -0.462 e. The van der Waals surface area contributed by atoms with Gasteiger partial charge >= 0.3 is 5.97 Å². The number of ether oxygens (including phenoxy) is 1. The number of hydrogen-bond acceptors (Lipinski definition) is 5. The Bertz CT molecular complexity index is 567. The maximum absolute atomic E-state index is 11.7. The molecule has 0 fully saturated rings. The van der Waals surface area contributed by atoms with Gasteiger partial charge in [0.25, 0.3) is 0 Å². The van der Waals surface area contributed by atoms with Crippen LogP contribution in [0.4, 0.5) is 10.7 Å². The first-order valence-corrected chi connectivity index (χ1v) is 7.36. The second-order valence-electron chi connectivity index (χ2n) is 4.28. The van der Waals surface area contributed by atoms with E-state index in [0.29, 0.717) is 17.2 Å². The molecular weight excluding hydrogens is 272 g/mol. The van der Waals surface area contributed by atoms with Gasteiger partial charge in [0.2, 0.25) is 0 Å². The Morgan fingerprint density at radius 2 is 2.10 bits per heavy atom. The molecule has 0 saturated carbocycles. The second kappa shape index (κ2) is 6.96. The molecular formula is C15H18N2O2S. The third-order valence-electron chi connectivity index (χ3n) is 2.78. The largest absolute Gasteiger partial charge is 0.462 e. The minimum absolute atomic E-state index is 0.354. The van der Waals surface area contributed by atoms with Crippen LogP contribution in [0.2, 0.25) is 0 Å². The highest BCUT2D eigenvalue weighted by molar-refractivity contribution is 7.18. The van der Waals surface area contributed by atoms with E-state index in [1.807, 2.05) is 18.2 Å². The summed E-state index contributed by atoms with van der Waals surface area (Å²) >= 11 is 1.33. The van der Waals surface area contributed by atoms with E-state index in [1.165, 1.54) is 16.9 Å². The van der Waals surface area contributed by atoms with Gasteiger partial charge in [-0.1, -0.05) is 30.3 Å². The van der Waals surface area contributed by atoms with Crippen molar-refractivity contribution in [1.29, 1.82) is 0 Å². The molecule has 2 aromatic rings. The van der Waals surface area contributed by atoms with Crippen molar-refractivity contribution in [1.82, 2.24) is 0 Å². The van der Waals surface area contributed by atoms with Gasteiger partial charge in [0.1, 0.15) is 4.88 Å². The molecule has 106 valence electrons. The highest BCUT2D eigenvalue weighted by Crippen LogP contribution is 2.29. The number of rotatable bonds is 6. The van der Waals surface area contributed by atoms with Crippen molar-refractivity contribution in [3.05, 3.63) is 46.8 Å². The van der Waals surface area contributed by atoms with Crippen LogP contribution in [0.25, 0.3) is 0 Å². The molecule has 5 heteroatoms. The second-order valence-corrected chi connectivity index (χ2v) is 5.33. The highest BCUT2D eigenvalue weighted by Gasteiger charge is 2.15. The lowest BCUT2D eigenvalue weighted by atomic mass is 10.1. The third kappa shape index (κ3) is 3.74. The number of hydrogen-bond donors (Lipinski definition) is 2. The maximum atomic E-state index is 11.7. The number of benzene rings is 1. The predicted octanol–water partition coefficient (Wildman–Crippen LogP) is 3.16. The molecule has 2 rings (SSSR count). The van der Waals surface area contributed by atoms with Gasteiger partial charge < -0.3 is 15.8 Å². The van der Waals surface area contributed by atoms with Crippen molar-refractivity contribution >= 4 is 28.0 Å². The summed E-state index contributed by atoms with van der Waals surface area (Å²) in [5.74, 6) is -0.355. The van der Waals surface area contributed by atoms with E-state index >= 15 is 0 Å². The molecule has 3 N–H and O–H groups in total. The first kappa shape index (κ1) is 14.4. The molecule has 0 aliphatic heterocycles. The van der Waals surface area contributed by atoms with E-state index < -0.39 is 0 Å². The van der Waals surface area contributed by atoms with Crippen LogP contribution in [0.3, 0.4) is 0 Å². The number of carbonyl (C=O) groups excluding carboxylic acids is 1. The summed E-state index contributed by atoms with van der Waals surface area (Å²) in [5.41, 5.74) is 7.57. The molecule has 1 aromatic heterocycles. The normalized spacial score (nSPS) is 10.2. The summed E-state index contributed by atoms with van der Waals surface area (Å²) in [7, 11) is 0. The monoisotopic (exact) mass is 290 g/mol. The molecule has 0 saturated heterocycles. The Morgan fingerprint density at radius 1 is 1.35 bits per heavy atom. The summed E-state index contributed by atoms with van der Waals surface area (Å²) in [6, 6.07) is 12.0. The van der Waals surface area contributed by atoms with Crippen LogP contribution in [-0.4, -0.2) is 19.1 Å². The Labute approximate surface area is 122 Å². The fraction of sp³-hybridized carbons (Fsp3) is 0.267. The molecule has 4 nitrogen and oxygen atoms in total. The van der Waals surface area contributed by atoms with E-state index in [4.69, 9.17) is 10.5 Å². The summed E-state index contributed by atoms with van der Waals surface area (Å²) in [6.45, 7) is 2.93. The van der Waals surface area contributed by atoms with Crippen LogP contribution in [0.5, 0.6) is 0 Å². The molecule has 0 atom stereocenters. The minimum atomic E-state index is -0.355. The Hall–Kier alpha value is -2.01. The maximum Gasteiger partial charge on any atom is 0.350 e. The van der Waals surface area contributed by atoms with Crippen molar-refractivity contribution < 1.29 is 9.53 Å². The topological polar surface area (TPSA) is 64.3 Å².